The quantitative estimate of drug-likeness (QED) is 0.0310. The van der Waals surface area contributed by atoms with Gasteiger partial charge < -0.3 is 73.7 Å². The summed E-state index contributed by atoms with van der Waals surface area (Å²) in [6.07, 6.45) is 47.0. The number of amides is 2. The van der Waals surface area contributed by atoms with Gasteiger partial charge in [-0.25, -0.2) is 4.79 Å². The molecule has 536 valence electrons. The van der Waals surface area contributed by atoms with E-state index in [2.05, 4.69) is 31.4 Å². The maximum Gasteiger partial charge on any atom is 0.407 e. The number of alkyl carbamates (subject to hydrolysis) is 1. The number of hydrogen-bond acceptors (Lipinski definition) is 16. The Bertz CT molecular complexity index is 1490. The van der Waals surface area contributed by atoms with Gasteiger partial charge in [-0.05, 0) is 65.2 Å². The van der Waals surface area contributed by atoms with Crippen molar-refractivity contribution in [3.05, 3.63) is 0 Å². The zero-order valence-electron chi connectivity index (χ0n) is 58.4. The third kappa shape index (κ3) is 62.1. The van der Waals surface area contributed by atoms with Gasteiger partial charge in [0.25, 0.3) is 0 Å². The molecule has 0 aromatic heterocycles. The molecule has 1 fully saturated rings. The van der Waals surface area contributed by atoms with E-state index in [0.717, 1.165) is 71.2 Å². The van der Waals surface area contributed by atoms with E-state index >= 15 is 0 Å². The highest BCUT2D eigenvalue weighted by Crippen LogP contribution is 2.22. The summed E-state index contributed by atoms with van der Waals surface area (Å²) < 4.78 is 49.2. The highest BCUT2D eigenvalue weighted by Gasteiger charge is 2.44. The molecule has 1 heterocycles. The standard InChI is InChI=1S/C39H80O2.C33H62N2O14/c1-4-6-8-10-12-14-16-18-20-22-24-26-28-30-32-34-36-40-38-39(3)41-37-35-33-31-29-27-25-23-21-19-17-15-13-11-9-7-5-2;1-2-47-33(42)35-14-8-3-5-11-26(37)12-7-10-17-44-20-19-43-16-9-4-6-13-28(38)34-15-18-45-21-22-46-23-24-48-32-31(41)30(40)29(39)27(25-36)49-32/h39H,4-38H2,1-3H3;27,29-32,36,39-41H,2-25H2,1H3,(H,34,38)(H,35,42)/t39-;27?,29-,30+,31?,32+/m11/s1. The molecule has 2 unspecified atom stereocenters. The number of Topliss-reactive ketones (excluding diaryl/α,β-unsaturated/α-hetero) is 1. The van der Waals surface area contributed by atoms with Crippen molar-refractivity contribution in [2.45, 2.75) is 341 Å². The van der Waals surface area contributed by atoms with Gasteiger partial charge in [0, 0.05) is 58.8 Å². The van der Waals surface area contributed by atoms with Crippen LogP contribution in [0.3, 0.4) is 0 Å². The minimum absolute atomic E-state index is 0.0263. The molecule has 1 saturated heterocycles. The van der Waals surface area contributed by atoms with Crippen LogP contribution in [-0.2, 0) is 52.2 Å². The van der Waals surface area contributed by atoms with E-state index in [0.29, 0.717) is 85.2 Å². The van der Waals surface area contributed by atoms with Crippen molar-refractivity contribution in [1.82, 2.24) is 10.6 Å². The molecule has 6 N–H and O–H groups in total. The Balaban J connectivity index is 0.00000179. The van der Waals surface area contributed by atoms with Crippen molar-refractivity contribution in [1.29, 1.82) is 0 Å². The highest BCUT2D eigenvalue weighted by atomic mass is 16.7. The zero-order valence-corrected chi connectivity index (χ0v) is 58.4. The minimum Gasteiger partial charge on any atom is -0.450 e. The summed E-state index contributed by atoms with van der Waals surface area (Å²) in [4.78, 5) is 35.1. The van der Waals surface area contributed by atoms with Crippen molar-refractivity contribution in [3.8, 4) is 0 Å². The summed E-state index contributed by atoms with van der Waals surface area (Å²) in [6.45, 7) is 15.4. The average Bonchev–Trinajstić information content (AvgIpc) is 2.41. The molecule has 0 spiro atoms. The Hall–Kier alpha value is -2.07. The van der Waals surface area contributed by atoms with Gasteiger partial charge in [0.2, 0.25) is 5.91 Å². The van der Waals surface area contributed by atoms with Crippen LogP contribution >= 0.6 is 0 Å². The molecule has 1 aliphatic rings. The fourth-order valence-corrected chi connectivity index (χ4v) is 10.7. The summed E-state index contributed by atoms with van der Waals surface area (Å²) in [6, 6.07) is 0. The van der Waals surface area contributed by atoms with Crippen LogP contribution in [0.15, 0.2) is 0 Å². The fourth-order valence-electron chi connectivity index (χ4n) is 10.7. The van der Waals surface area contributed by atoms with E-state index in [-0.39, 0.29) is 31.0 Å². The lowest BCUT2D eigenvalue weighted by Gasteiger charge is -2.39. The lowest BCUT2D eigenvalue weighted by Crippen LogP contribution is -2.59. The predicted octanol–water partition coefficient (Wildman–Crippen LogP) is 14.5. The van der Waals surface area contributed by atoms with E-state index in [4.69, 9.17) is 42.6 Å². The van der Waals surface area contributed by atoms with Crippen LogP contribution in [-0.4, -0.2) is 181 Å². The Morgan fingerprint density at radius 1 is 0.400 bits per heavy atom. The van der Waals surface area contributed by atoms with Gasteiger partial charge in [0.1, 0.15) is 30.2 Å². The maximum absolute atomic E-state index is 12.0. The second kappa shape index (κ2) is 71.2. The molecule has 0 aromatic carbocycles. The summed E-state index contributed by atoms with van der Waals surface area (Å²) in [5, 5.41) is 44.1. The first kappa shape index (κ1) is 87.9. The molecular weight excluding hydrogens is 1150 g/mol. The second-order valence-electron chi connectivity index (χ2n) is 25.0. The number of ketones is 1. The van der Waals surface area contributed by atoms with Crippen molar-refractivity contribution in [2.24, 2.45) is 0 Å². The summed E-state index contributed by atoms with van der Waals surface area (Å²) >= 11 is 0. The summed E-state index contributed by atoms with van der Waals surface area (Å²) in [5.41, 5.74) is 0. The van der Waals surface area contributed by atoms with Gasteiger partial charge in [-0.1, -0.05) is 219 Å². The lowest BCUT2D eigenvalue weighted by atomic mass is 9.99. The van der Waals surface area contributed by atoms with Crippen molar-refractivity contribution in [3.63, 3.8) is 0 Å². The van der Waals surface area contributed by atoms with Gasteiger partial charge in [-0.2, -0.15) is 0 Å². The number of hydrogen-bond donors (Lipinski definition) is 6. The largest absolute Gasteiger partial charge is 0.450 e. The molecule has 90 heavy (non-hydrogen) atoms. The smallest absolute Gasteiger partial charge is 0.407 e. The number of nitrogens with one attached hydrogen (secondary N) is 2. The molecule has 0 aromatic rings. The number of rotatable bonds is 69. The number of ether oxygens (including phenoxy) is 9. The number of aliphatic hydroxyl groups is 4. The van der Waals surface area contributed by atoms with E-state index in [1.54, 1.807) is 6.92 Å². The molecule has 6 atom stereocenters. The molecule has 0 radical (unpaired) electrons. The third-order valence-electron chi connectivity index (χ3n) is 16.4. The first-order chi connectivity index (χ1) is 44.1. The van der Waals surface area contributed by atoms with Crippen molar-refractivity contribution < 1.29 is 77.4 Å². The van der Waals surface area contributed by atoms with E-state index < -0.39 is 43.4 Å². The SMILES string of the molecule is CCCCCCCCCCCCCCCCCCOC[C@@H](C)OCCCCCCCCCCCCCCCCCC.CCOC(=O)NCCCCCC(=O)CCCCOCCOCCCCCC(=O)NCCOCCOCCO[C@H]1OC(CO)[C@@H](O)[C@H](O)C1O. The topological polar surface area (TPSA) is 239 Å². The molecule has 1 aliphatic heterocycles. The summed E-state index contributed by atoms with van der Waals surface area (Å²) in [7, 11) is 0. The molecule has 1 rings (SSSR count). The Morgan fingerprint density at radius 3 is 1.28 bits per heavy atom. The van der Waals surface area contributed by atoms with Crippen LogP contribution in [0.5, 0.6) is 0 Å². The highest BCUT2D eigenvalue weighted by molar-refractivity contribution is 5.78. The number of aliphatic hydroxyl groups excluding tert-OH is 4. The van der Waals surface area contributed by atoms with E-state index in [1.165, 1.54) is 205 Å². The lowest BCUT2D eigenvalue weighted by molar-refractivity contribution is -0.302. The third-order valence-corrected chi connectivity index (χ3v) is 16.4. The van der Waals surface area contributed by atoms with Crippen LogP contribution in [0, 0.1) is 0 Å². The van der Waals surface area contributed by atoms with Crippen LogP contribution in [0.1, 0.15) is 304 Å². The van der Waals surface area contributed by atoms with Gasteiger partial charge in [-0.15, -0.1) is 0 Å². The molecule has 18 nitrogen and oxygen atoms in total. The first-order valence-corrected chi connectivity index (χ1v) is 37.2. The monoisotopic (exact) mass is 1290 g/mol. The Morgan fingerprint density at radius 2 is 0.789 bits per heavy atom. The Labute approximate surface area is 549 Å². The van der Waals surface area contributed by atoms with Gasteiger partial charge in [-0.3, -0.25) is 9.59 Å². The van der Waals surface area contributed by atoms with Gasteiger partial charge in [0.15, 0.2) is 6.29 Å². The van der Waals surface area contributed by atoms with Crippen molar-refractivity contribution in [2.75, 3.05) is 106 Å². The number of carbonyl (C=O) groups is 3. The fraction of sp³-hybridized carbons (Fsp3) is 0.958. The minimum atomic E-state index is -1.49. The first-order valence-electron chi connectivity index (χ1n) is 37.2. The molecule has 0 aliphatic carbocycles. The van der Waals surface area contributed by atoms with Crippen LogP contribution in [0.25, 0.3) is 0 Å². The van der Waals surface area contributed by atoms with E-state index in [1.807, 2.05) is 0 Å². The van der Waals surface area contributed by atoms with Crippen LogP contribution < -0.4 is 10.6 Å². The van der Waals surface area contributed by atoms with Crippen LogP contribution in [0.2, 0.25) is 0 Å². The van der Waals surface area contributed by atoms with Gasteiger partial charge in [0.05, 0.1) is 72.2 Å². The average molecular weight is 1290 g/mol. The predicted molar refractivity (Wildman–Crippen MR) is 362 cm³/mol. The zero-order chi connectivity index (χ0) is 65.7. The molecule has 0 saturated carbocycles. The Kier molecular flexibility index (Phi) is 69.6. The number of unbranched alkanes of at least 4 members (excludes halogenated alkanes) is 35. The van der Waals surface area contributed by atoms with E-state index in [9.17, 15) is 34.8 Å². The molecular formula is C72H142N2O16. The van der Waals surface area contributed by atoms with Gasteiger partial charge >= 0.3 is 6.09 Å². The summed E-state index contributed by atoms with van der Waals surface area (Å²) in [5.74, 6) is 0.244. The second-order valence-corrected chi connectivity index (χ2v) is 25.0. The molecule has 0 bridgehead atoms. The molecule has 2 amide bonds. The van der Waals surface area contributed by atoms with Crippen LogP contribution in [0.4, 0.5) is 4.79 Å². The number of carbonyl (C=O) groups excluding carboxylic acids is 3. The maximum atomic E-state index is 12.0. The normalized spacial score (nSPS) is 16.9. The van der Waals surface area contributed by atoms with Crippen molar-refractivity contribution >= 4 is 17.8 Å². The molecule has 18 heteroatoms.